The zero-order valence-electron chi connectivity index (χ0n) is 16.1. The molecular weight excluding hydrogens is 364 g/mol. The summed E-state index contributed by atoms with van der Waals surface area (Å²) in [5.74, 6) is -0.170. The minimum atomic E-state index is -0.455. The van der Waals surface area contributed by atoms with Gasteiger partial charge < -0.3 is 9.64 Å². The number of nitrogens with zero attached hydrogens (tertiary/aromatic N) is 1. The Morgan fingerprint density at radius 2 is 2.11 bits per heavy atom. The number of carbonyl (C=O) groups excluding carboxylic acids is 2. The Morgan fingerprint density at radius 3 is 2.81 bits per heavy atom. The minimum Gasteiger partial charge on any atom is -0.447 e. The predicted molar refractivity (Wildman–Crippen MR) is 107 cm³/mol. The minimum absolute atomic E-state index is 0.0632. The van der Waals surface area contributed by atoms with Crippen LogP contribution in [0.1, 0.15) is 45.6 Å². The maximum absolute atomic E-state index is 12.8. The molecule has 0 aromatic heterocycles. The molecule has 1 aromatic carbocycles. The van der Waals surface area contributed by atoms with Crippen LogP contribution in [-0.2, 0) is 16.0 Å². The first-order valence-corrected chi connectivity index (χ1v) is 10.00. The number of nitrogens with one attached hydrogen (secondary N) is 1. The smallest absolute Gasteiger partial charge is 0.411 e. The maximum atomic E-state index is 12.8. The van der Waals surface area contributed by atoms with Gasteiger partial charge >= 0.3 is 6.09 Å². The first-order chi connectivity index (χ1) is 12.8. The Balaban J connectivity index is 1.92. The zero-order valence-corrected chi connectivity index (χ0v) is 16.9. The van der Waals surface area contributed by atoms with E-state index in [1.54, 1.807) is 0 Å². The summed E-state index contributed by atoms with van der Waals surface area (Å²) >= 11 is 5.96. The summed E-state index contributed by atoms with van der Waals surface area (Å²) < 4.78 is 5.20. The molecule has 1 aliphatic carbocycles. The van der Waals surface area contributed by atoms with E-state index in [2.05, 4.69) is 24.4 Å². The van der Waals surface area contributed by atoms with Crippen LogP contribution in [0.2, 0.25) is 0 Å². The van der Waals surface area contributed by atoms with Gasteiger partial charge in [-0.25, -0.2) is 4.79 Å². The largest absolute Gasteiger partial charge is 0.447 e. The van der Waals surface area contributed by atoms with Crippen LogP contribution in [0.3, 0.4) is 0 Å². The molecule has 1 heterocycles. The number of fused-ring (bicyclic) bond motifs is 2. The number of benzene rings is 1. The van der Waals surface area contributed by atoms with Gasteiger partial charge in [0.2, 0.25) is 5.91 Å². The number of amides is 2. The Kier molecular flexibility index (Phi) is 5.80. The van der Waals surface area contributed by atoms with E-state index < -0.39 is 6.09 Å². The molecule has 0 saturated carbocycles. The molecular formula is C21H27ClN2O3. The van der Waals surface area contributed by atoms with E-state index in [9.17, 15) is 9.59 Å². The van der Waals surface area contributed by atoms with Crippen LogP contribution in [0, 0.1) is 5.41 Å². The highest BCUT2D eigenvalue weighted by atomic mass is 35.5. The van der Waals surface area contributed by atoms with Gasteiger partial charge in [0.25, 0.3) is 0 Å². The van der Waals surface area contributed by atoms with E-state index in [-0.39, 0.29) is 29.3 Å². The molecule has 2 aliphatic rings. The third-order valence-electron chi connectivity index (χ3n) is 5.55. The van der Waals surface area contributed by atoms with Gasteiger partial charge in [0.1, 0.15) is 5.88 Å². The molecule has 1 N–H and O–H groups in total. The number of hydrogen-bond donors (Lipinski definition) is 1. The highest BCUT2D eigenvalue weighted by molar-refractivity contribution is 6.29. The predicted octanol–water partition coefficient (Wildman–Crippen LogP) is 4.39. The fraction of sp³-hybridized carbons (Fsp3) is 0.524. The lowest BCUT2D eigenvalue weighted by Gasteiger charge is -2.45. The number of aryl methyl sites for hydroxylation is 1. The molecule has 0 bridgehead atoms. The summed E-state index contributed by atoms with van der Waals surface area (Å²) in [6.45, 7) is 5.85. The molecule has 1 aromatic rings. The van der Waals surface area contributed by atoms with Gasteiger partial charge in [0, 0.05) is 23.8 Å². The summed E-state index contributed by atoms with van der Waals surface area (Å²) in [4.78, 5) is 26.7. The topological polar surface area (TPSA) is 58.6 Å². The third-order valence-corrected chi connectivity index (χ3v) is 5.78. The summed E-state index contributed by atoms with van der Waals surface area (Å²) in [6, 6.07) is 7.97. The van der Waals surface area contributed by atoms with E-state index in [0.717, 1.165) is 30.6 Å². The molecule has 2 unspecified atom stereocenters. The van der Waals surface area contributed by atoms with Crippen LogP contribution in [0.15, 0.2) is 36.0 Å². The number of alkyl halides is 1. The van der Waals surface area contributed by atoms with Crippen molar-refractivity contribution in [1.82, 2.24) is 5.32 Å². The summed E-state index contributed by atoms with van der Waals surface area (Å²) in [5, 5.41) is 2.85. The number of halogens is 1. The SMILES string of the molecule is CC(C)OC(=O)NC1=CCC2(C)CCc3ccccc3N(C(=O)CCl)C2C1. The highest BCUT2D eigenvalue weighted by Crippen LogP contribution is 2.46. The molecule has 146 valence electrons. The lowest BCUT2D eigenvalue weighted by atomic mass is 9.70. The normalized spacial score (nSPS) is 24.4. The summed E-state index contributed by atoms with van der Waals surface area (Å²) in [5.41, 5.74) is 2.83. The summed E-state index contributed by atoms with van der Waals surface area (Å²) in [6.07, 6.45) is 4.68. The molecule has 0 radical (unpaired) electrons. The van der Waals surface area contributed by atoms with Gasteiger partial charge in [0.15, 0.2) is 0 Å². The fourth-order valence-corrected chi connectivity index (χ4v) is 4.23. The molecule has 0 fully saturated rings. The van der Waals surface area contributed by atoms with Crippen molar-refractivity contribution in [2.45, 2.75) is 58.6 Å². The van der Waals surface area contributed by atoms with Gasteiger partial charge in [0.05, 0.1) is 6.10 Å². The standard InChI is InChI=1S/C21H27ClN2O3/c1-14(2)27-20(26)23-16-9-11-21(3)10-8-15-6-4-5-7-17(15)24(18(21)12-16)19(25)13-22/h4-7,9,14,18H,8,10-13H2,1-3H3,(H,23,26). The van der Waals surface area contributed by atoms with Crippen molar-refractivity contribution in [3.63, 3.8) is 0 Å². The molecule has 27 heavy (non-hydrogen) atoms. The third kappa shape index (κ3) is 4.13. The van der Waals surface area contributed by atoms with Crippen molar-refractivity contribution in [2.75, 3.05) is 10.8 Å². The molecule has 0 saturated heterocycles. The zero-order chi connectivity index (χ0) is 19.6. The van der Waals surface area contributed by atoms with Crippen molar-refractivity contribution in [3.05, 3.63) is 41.6 Å². The fourth-order valence-electron chi connectivity index (χ4n) is 4.10. The van der Waals surface area contributed by atoms with E-state index in [1.807, 2.05) is 36.9 Å². The Hall–Kier alpha value is -2.01. The van der Waals surface area contributed by atoms with Crippen LogP contribution in [0.4, 0.5) is 10.5 Å². The second-order valence-electron chi connectivity index (χ2n) is 7.91. The Morgan fingerprint density at radius 1 is 1.37 bits per heavy atom. The van der Waals surface area contributed by atoms with Crippen LogP contribution >= 0.6 is 11.6 Å². The monoisotopic (exact) mass is 390 g/mol. The maximum Gasteiger partial charge on any atom is 0.411 e. The van der Waals surface area contributed by atoms with Crippen molar-refractivity contribution in [2.24, 2.45) is 5.41 Å². The van der Waals surface area contributed by atoms with Crippen LogP contribution in [0.25, 0.3) is 0 Å². The van der Waals surface area contributed by atoms with Gasteiger partial charge in [-0.2, -0.15) is 0 Å². The number of rotatable bonds is 3. The highest BCUT2D eigenvalue weighted by Gasteiger charge is 2.44. The van der Waals surface area contributed by atoms with Crippen LogP contribution in [0.5, 0.6) is 0 Å². The molecule has 0 spiro atoms. The second-order valence-corrected chi connectivity index (χ2v) is 8.18. The molecule has 2 atom stereocenters. The van der Waals surface area contributed by atoms with E-state index >= 15 is 0 Å². The average Bonchev–Trinajstić information content (AvgIpc) is 2.75. The van der Waals surface area contributed by atoms with Gasteiger partial charge in [-0.15, -0.1) is 11.6 Å². The number of ether oxygens (including phenoxy) is 1. The number of hydrogen-bond acceptors (Lipinski definition) is 3. The first kappa shape index (κ1) is 19.7. The van der Waals surface area contributed by atoms with E-state index in [4.69, 9.17) is 16.3 Å². The van der Waals surface area contributed by atoms with Gasteiger partial charge in [-0.05, 0) is 50.2 Å². The number of para-hydroxylation sites is 1. The van der Waals surface area contributed by atoms with Crippen LogP contribution < -0.4 is 10.2 Å². The average molecular weight is 391 g/mol. The molecule has 6 heteroatoms. The number of carbonyl (C=O) groups is 2. The van der Waals surface area contributed by atoms with Crippen molar-refractivity contribution >= 4 is 29.3 Å². The van der Waals surface area contributed by atoms with E-state index in [1.165, 1.54) is 5.56 Å². The first-order valence-electron chi connectivity index (χ1n) is 9.46. The lowest BCUT2D eigenvalue weighted by Crippen LogP contribution is -2.52. The molecule has 2 amide bonds. The second kappa shape index (κ2) is 7.93. The molecule has 5 nitrogen and oxygen atoms in total. The number of anilines is 1. The van der Waals surface area contributed by atoms with Crippen molar-refractivity contribution < 1.29 is 14.3 Å². The van der Waals surface area contributed by atoms with Crippen LogP contribution in [-0.4, -0.2) is 30.0 Å². The Labute approximate surface area is 165 Å². The molecule has 3 rings (SSSR count). The van der Waals surface area contributed by atoms with Crippen molar-refractivity contribution in [3.8, 4) is 0 Å². The molecule has 1 aliphatic heterocycles. The van der Waals surface area contributed by atoms with Gasteiger partial charge in [-0.3, -0.25) is 10.1 Å². The van der Waals surface area contributed by atoms with Gasteiger partial charge in [-0.1, -0.05) is 31.2 Å². The lowest BCUT2D eigenvalue weighted by molar-refractivity contribution is -0.117. The number of allylic oxidation sites excluding steroid dienone is 1. The number of alkyl carbamates (subject to hydrolysis) is 1. The summed E-state index contributed by atoms with van der Waals surface area (Å²) in [7, 11) is 0. The van der Waals surface area contributed by atoms with Crippen molar-refractivity contribution in [1.29, 1.82) is 0 Å². The quantitative estimate of drug-likeness (QED) is 0.778. The Bertz CT molecular complexity index is 762. The van der Waals surface area contributed by atoms with E-state index in [0.29, 0.717) is 6.42 Å².